The minimum absolute atomic E-state index is 0.0226. The van der Waals surface area contributed by atoms with Gasteiger partial charge in [0.25, 0.3) is 5.91 Å². The molecule has 0 radical (unpaired) electrons. The van der Waals surface area contributed by atoms with Gasteiger partial charge in [0, 0.05) is 50.1 Å². The van der Waals surface area contributed by atoms with Crippen LogP contribution < -0.4 is 24.8 Å². The summed E-state index contributed by atoms with van der Waals surface area (Å²) >= 11 is 0. The van der Waals surface area contributed by atoms with Gasteiger partial charge < -0.3 is 44.5 Å². The van der Waals surface area contributed by atoms with Crippen LogP contribution >= 0.6 is 0 Å². The molecule has 12 heteroatoms. The SMILES string of the molecule is C[C@@H]1CN([C@@H](C)CO)C(=O)c2cc(NC(=O)Nc3ccc4c(c3)OCO4)ccc2O[C@@H](C)CCCCO[C@@H]1CN(C)C(=O)Cc1ccccc1. The van der Waals surface area contributed by atoms with Crippen molar-refractivity contribution >= 4 is 29.2 Å². The van der Waals surface area contributed by atoms with Crippen LogP contribution in [0.15, 0.2) is 66.7 Å². The fraction of sp³-hybridized carbons (Fsp3) is 0.447. The number of urea groups is 1. The van der Waals surface area contributed by atoms with Crippen molar-refractivity contribution in [2.24, 2.45) is 5.92 Å². The number of rotatable bonds is 8. The zero-order valence-electron chi connectivity index (χ0n) is 29.2. The van der Waals surface area contributed by atoms with Gasteiger partial charge in [-0.25, -0.2) is 4.79 Å². The number of hydrogen-bond acceptors (Lipinski definition) is 8. The Hall–Kier alpha value is -4.81. The largest absolute Gasteiger partial charge is 0.490 e. The number of carbonyl (C=O) groups is 3. The van der Waals surface area contributed by atoms with Crippen LogP contribution in [0.5, 0.6) is 17.2 Å². The Kier molecular flexibility index (Phi) is 12.6. The molecule has 268 valence electrons. The summed E-state index contributed by atoms with van der Waals surface area (Å²) < 4.78 is 23.5. The molecule has 3 N–H and O–H groups in total. The number of nitrogens with one attached hydrogen (secondary N) is 2. The minimum Gasteiger partial charge on any atom is -0.490 e. The van der Waals surface area contributed by atoms with Crippen LogP contribution in [0.4, 0.5) is 16.2 Å². The van der Waals surface area contributed by atoms with Crippen molar-refractivity contribution in [3.63, 3.8) is 0 Å². The van der Waals surface area contributed by atoms with Crippen LogP contribution in [-0.2, 0) is 16.0 Å². The van der Waals surface area contributed by atoms with E-state index in [0.29, 0.717) is 41.8 Å². The third kappa shape index (κ3) is 9.66. The summed E-state index contributed by atoms with van der Waals surface area (Å²) in [6.45, 7) is 6.70. The Morgan fingerprint density at radius 2 is 1.66 bits per heavy atom. The minimum atomic E-state index is -0.535. The second-order valence-corrected chi connectivity index (χ2v) is 13.1. The molecule has 0 bridgehead atoms. The molecule has 50 heavy (non-hydrogen) atoms. The van der Waals surface area contributed by atoms with Gasteiger partial charge in [-0.2, -0.15) is 0 Å². The summed E-state index contributed by atoms with van der Waals surface area (Å²) in [5.74, 6) is 0.960. The molecule has 0 fully saturated rings. The maximum absolute atomic E-state index is 14.4. The summed E-state index contributed by atoms with van der Waals surface area (Å²) in [4.78, 5) is 43.9. The lowest BCUT2D eigenvalue weighted by Gasteiger charge is -2.36. The van der Waals surface area contributed by atoms with Gasteiger partial charge in [-0.3, -0.25) is 9.59 Å². The average Bonchev–Trinajstić information content (AvgIpc) is 3.58. The predicted molar refractivity (Wildman–Crippen MR) is 190 cm³/mol. The number of aliphatic hydroxyl groups excluding tert-OH is 1. The highest BCUT2D eigenvalue weighted by Crippen LogP contribution is 2.34. The van der Waals surface area contributed by atoms with E-state index in [-0.39, 0.29) is 61.9 Å². The van der Waals surface area contributed by atoms with Gasteiger partial charge in [0.05, 0.1) is 36.8 Å². The van der Waals surface area contributed by atoms with Crippen LogP contribution in [0.3, 0.4) is 0 Å². The van der Waals surface area contributed by atoms with E-state index in [1.807, 2.05) is 44.2 Å². The molecule has 3 aromatic carbocycles. The molecule has 4 amide bonds. The van der Waals surface area contributed by atoms with Gasteiger partial charge in [-0.05, 0) is 69.0 Å². The monoisotopic (exact) mass is 688 g/mol. The zero-order chi connectivity index (χ0) is 35.6. The van der Waals surface area contributed by atoms with E-state index in [9.17, 15) is 19.5 Å². The first-order valence-corrected chi connectivity index (χ1v) is 17.2. The molecule has 3 aromatic rings. The number of hydrogen-bond donors (Lipinski definition) is 3. The molecule has 0 aromatic heterocycles. The molecule has 2 heterocycles. The molecule has 0 aliphatic carbocycles. The highest BCUT2D eigenvalue weighted by atomic mass is 16.7. The van der Waals surface area contributed by atoms with Crippen LogP contribution in [0.25, 0.3) is 0 Å². The Morgan fingerprint density at radius 3 is 2.40 bits per heavy atom. The number of anilines is 2. The summed E-state index contributed by atoms with van der Waals surface area (Å²) in [7, 11) is 1.78. The summed E-state index contributed by atoms with van der Waals surface area (Å²) in [6.07, 6.45) is 2.12. The van der Waals surface area contributed by atoms with Crippen molar-refractivity contribution in [2.75, 3.05) is 50.8 Å². The number of amides is 4. The van der Waals surface area contributed by atoms with Gasteiger partial charge in [0.1, 0.15) is 5.75 Å². The maximum Gasteiger partial charge on any atom is 0.323 e. The summed E-state index contributed by atoms with van der Waals surface area (Å²) in [5.41, 5.74) is 2.10. The Morgan fingerprint density at radius 1 is 0.960 bits per heavy atom. The zero-order valence-corrected chi connectivity index (χ0v) is 29.2. The number of likely N-dealkylation sites (N-methyl/N-ethyl adjacent to an activating group) is 1. The second kappa shape index (κ2) is 17.2. The number of carbonyl (C=O) groups excluding carboxylic acids is 3. The lowest BCUT2D eigenvalue weighted by Crippen LogP contribution is -2.48. The second-order valence-electron chi connectivity index (χ2n) is 13.1. The Bertz CT molecular complexity index is 1620. The summed E-state index contributed by atoms with van der Waals surface area (Å²) in [5, 5.41) is 15.9. The van der Waals surface area contributed by atoms with Crippen LogP contribution in [-0.4, -0.2) is 91.1 Å². The van der Waals surface area contributed by atoms with E-state index < -0.39 is 12.1 Å². The lowest BCUT2D eigenvalue weighted by molar-refractivity contribution is -0.131. The first-order chi connectivity index (χ1) is 24.1. The van der Waals surface area contributed by atoms with Gasteiger partial charge in [0.2, 0.25) is 12.7 Å². The van der Waals surface area contributed by atoms with E-state index in [1.165, 1.54) is 0 Å². The van der Waals surface area contributed by atoms with Gasteiger partial charge >= 0.3 is 6.03 Å². The highest BCUT2D eigenvalue weighted by molar-refractivity contribution is 6.02. The highest BCUT2D eigenvalue weighted by Gasteiger charge is 2.31. The van der Waals surface area contributed by atoms with Crippen molar-refractivity contribution in [1.82, 2.24) is 9.80 Å². The topological polar surface area (TPSA) is 139 Å². The normalized spacial score (nSPS) is 20.1. The number of fused-ring (bicyclic) bond motifs is 2. The standard InChI is InChI=1S/C38H48N4O8/c1-25-21-42(26(2)23-43)37(45)31-19-29(39-38(46)40-30-14-16-33-34(20-30)49-24-48-33)13-15-32(31)50-27(3)10-8-9-17-47-35(25)22-41(4)36(44)18-28-11-6-5-7-12-28/h5-7,11-16,19-20,25-27,35,43H,8-10,17-18,21-24H2,1-4H3,(H2,39,40,46)/t25-,26+,27+,35-/m1/s1. The van der Waals surface area contributed by atoms with Crippen LogP contribution in [0.2, 0.25) is 0 Å². The quantitative estimate of drug-likeness (QED) is 0.280. The van der Waals surface area contributed by atoms with E-state index in [1.54, 1.807) is 60.2 Å². The van der Waals surface area contributed by atoms with Gasteiger partial charge in [-0.15, -0.1) is 0 Å². The molecular weight excluding hydrogens is 640 g/mol. The van der Waals surface area contributed by atoms with Crippen molar-refractivity contribution in [1.29, 1.82) is 0 Å². The van der Waals surface area contributed by atoms with E-state index >= 15 is 0 Å². The maximum atomic E-state index is 14.4. The van der Waals surface area contributed by atoms with Gasteiger partial charge in [0.15, 0.2) is 11.5 Å². The smallest absolute Gasteiger partial charge is 0.323 e. The average molecular weight is 689 g/mol. The fourth-order valence-corrected chi connectivity index (χ4v) is 6.01. The predicted octanol–water partition coefficient (Wildman–Crippen LogP) is 5.56. The molecule has 0 saturated carbocycles. The third-order valence-corrected chi connectivity index (χ3v) is 9.02. The van der Waals surface area contributed by atoms with Crippen LogP contribution in [0.1, 0.15) is 56.0 Å². The number of aliphatic hydroxyl groups is 1. The number of nitrogens with zero attached hydrogens (tertiary/aromatic N) is 2. The molecule has 0 spiro atoms. The van der Waals surface area contributed by atoms with Gasteiger partial charge in [-0.1, -0.05) is 37.3 Å². The molecule has 2 aliphatic rings. The summed E-state index contributed by atoms with van der Waals surface area (Å²) in [6, 6.07) is 18.7. The molecule has 5 rings (SSSR count). The number of ether oxygens (including phenoxy) is 4. The van der Waals surface area contributed by atoms with Crippen LogP contribution in [0, 0.1) is 5.92 Å². The Balaban J connectivity index is 1.36. The van der Waals surface area contributed by atoms with Crippen molar-refractivity contribution in [3.8, 4) is 17.2 Å². The van der Waals surface area contributed by atoms with Crippen molar-refractivity contribution < 1.29 is 38.4 Å². The van der Waals surface area contributed by atoms with Crippen molar-refractivity contribution in [2.45, 2.75) is 64.7 Å². The number of benzene rings is 3. The Labute approximate surface area is 293 Å². The van der Waals surface area contributed by atoms with Crippen molar-refractivity contribution in [3.05, 3.63) is 77.9 Å². The fourth-order valence-electron chi connectivity index (χ4n) is 6.01. The first kappa shape index (κ1) is 36.5. The lowest BCUT2D eigenvalue weighted by atomic mass is 10.0. The molecule has 0 saturated heterocycles. The molecule has 0 unspecified atom stereocenters. The first-order valence-electron chi connectivity index (χ1n) is 17.2. The van der Waals surface area contributed by atoms with E-state index in [2.05, 4.69) is 10.6 Å². The molecule has 4 atom stereocenters. The van der Waals surface area contributed by atoms with E-state index in [0.717, 1.165) is 24.8 Å². The molecule has 2 aliphatic heterocycles. The van der Waals surface area contributed by atoms with E-state index in [4.69, 9.17) is 18.9 Å². The third-order valence-electron chi connectivity index (χ3n) is 9.02. The molecular formula is C38H48N4O8. The molecule has 12 nitrogen and oxygen atoms in total.